The molecule has 1 aromatic heterocycles. The summed E-state index contributed by atoms with van der Waals surface area (Å²) in [5.74, 6) is -1.65. The third-order valence-electron chi connectivity index (χ3n) is 3.45. The van der Waals surface area contributed by atoms with Gasteiger partial charge in [0.1, 0.15) is 10.3 Å². The average Bonchev–Trinajstić information content (AvgIpc) is 2.92. The highest BCUT2D eigenvalue weighted by Crippen LogP contribution is 2.23. The first-order chi connectivity index (χ1) is 11.3. The van der Waals surface area contributed by atoms with E-state index in [0.717, 1.165) is 16.2 Å². The first-order valence-electron chi connectivity index (χ1n) is 7.96. The van der Waals surface area contributed by atoms with E-state index in [2.05, 4.69) is 10.0 Å². The summed E-state index contributed by atoms with van der Waals surface area (Å²) < 4.78 is 27.0. The molecule has 3 N–H and O–H groups in total. The summed E-state index contributed by atoms with van der Waals surface area (Å²) in [6.45, 7) is 9.14. The van der Waals surface area contributed by atoms with Crippen LogP contribution >= 0.6 is 11.3 Å². The fraction of sp³-hybridized carbons (Fsp3) is 0.625. The van der Waals surface area contributed by atoms with Crippen LogP contribution in [0.1, 0.15) is 39.5 Å². The molecule has 1 aromatic rings. The second-order valence-corrected chi connectivity index (χ2v) is 10.3. The number of rotatable bonds is 8. The lowest BCUT2D eigenvalue weighted by Gasteiger charge is -2.17. The molecule has 0 unspecified atom stereocenters. The summed E-state index contributed by atoms with van der Waals surface area (Å²) >= 11 is 1.07. The summed E-state index contributed by atoms with van der Waals surface area (Å²) in [4.78, 5) is 23.8. The standard InChI is InChI=1S/C16H26N2O5S2/c1-10(2)13(14(19)20)18-25(22,23)12-7-6-11(24-12)8-9-17-15(21)16(3,4)5/h6-7,10,13,18H,8-9H2,1-5H3,(H,17,21)(H,19,20)/t13-/m0/s1. The van der Waals surface area contributed by atoms with Gasteiger partial charge in [0.15, 0.2) is 0 Å². The van der Waals surface area contributed by atoms with Crippen molar-refractivity contribution in [3.63, 3.8) is 0 Å². The van der Waals surface area contributed by atoms with Crippen molar-refractivity contribution >= 4 is 33.2 Å². The van der Waals surface area contributed by atoms with Gasteiger partial charge >= 0.3 is 5.97 Å². The highest BCUT2D eigenvalue weighted by Gasteiger charge is 2.29. The van der Waals surface area contributed by atoms with Crippen molar-refractivity contribution in [2.75, 3.05) is 6.54 Å². The van der Waals surface area contributed by atoms with Crippen LogP contribution in [0.4, 0.5) is 0 Å². The fourth-order valence-electron chi connectivity index (χ4n) is 1.90. The van der Waals surface area contributed by atoms with Gasteiger partial charge in [-0.05, 0) is 24.5 Å². The first kappa shape index (κ1) is 21.6. The Morgan fingerprint density at radius 2 is 1.84 bits per heavy atom. The third kappa shape index (κ3) is 6.41. The number of carboxylic acid groups (broad SMARTS) is 1. The number of nitrogens with one attached hydrogen (secondary N) is 2. The number of thiophene rings is 1. The Labute approximate surface area is 152 Å². The van der Waals surface area contributed by atoms with Crippen LogP contribution in [0.2, 0.25) is 0 Å². The number of hydrogen-bond donors (Lipinski definition) is 3. The van der Waals surface area contributed by atoms with E-state index in [1.54, 1.807) is 19.9 Å². The van der Waals surface area contributed by atoms with Gasteiger partial charge in [-0.1, -0.05) is 34.6 Å². The molecule has 0 saturated carbocycles. The molecule has 1 heterocycles. The number of aliphatic carboxylic acids is 1. The Morgan fingerprint density at radius 3 is 2.32 bits per heavy atom. The Morgan fingerprint density at radius 1 is 1.24 bits per heavy atom. The molecule has 25 heavy (non-hydrogen) atoms. The van der Waals surface area contributed by atoms with Gasteiger partial charge in [0.25, 0.3) is 10.0 Å². The topological polar surface area (TPSA) is 113 Å². The zero-order chi connectivity index (χ0) is 19.4. The van der Waals surface area contributed by atoms with E-state index in [1.165, 1.54) is 6.07 Å². The summed E-state index contributed by atoms with van der Waals surface area (Å²) in [6.07, 6.45) is 0.508. The molecule has 0 aromatic carbocycles. The van der Waals surface area contributed by atoms with E-state index in [-0.39, 0.29) is 16.0 Å². The molecule has 142 valence electrons. The minimum atomic E-state index is -3.89. The van der Waals surface area contributed by atoms with Crippen molar-refractivity contribution in [2.45, 2.75) is 51.3 Å². The minimum Gasteiger partial charge on any atom is -0.480 e. The van der Waals surface area contributed by atoms with Gasteiger partial charge in [0, 0.05) is 16.8 Å². The molecule has 0 fully saturated rings. The molecule has 9 heteroatoms. The van der Waals surface area contributed by atoms with Gasteiger partial charge in [-0.2, -0.15) is 4.72 Å². The predicted octanol–water partition coefficient (Wildman–Crippen LogP) is 1.84. The maximum absolute atomic E-state index is 12.3. The van der Waals surface area contributed by atoms with Crippen LogP contribution < -0.4 is 10.0 Å². The Bertz CT molecular complexity index is 717. The maximum Gasteiger partial charge on any atom is 0.322 e. The minimum absolute atomic E-state index is 0.0662. The molecule has 0 saturated heterocycles. The molecule has 7 nitrogen and oxygen atoms in total. The van der Waals surface area contributed by atoms with E-state index in [0.29, 0.717) is 13.0 Å². The normalized spacial score (nSPS) is 13.7. The van der Waals surface area contributed by atoms with Crippen LogP contribution in [0.3, 0.4) is 0 Å². The second kappa shape index (κ2) is 8.29. The molecule has 0 aliphatic heterocycles. The lowest BCUT2D eigenvalue weighted by molar-refractivity contribution is -0.140. The van der Waals surface area contributed by atoms with Crippen LogP contribution in [-0.4, -0.2) is 38.0 Å². The summed E-state index contributed by atoms with van der Waals surface area (Å²) in [5, 5.41) is 11.9. The molecule has 0 radical (unpaired) electrons. The third-order valence-corrected chi connectivity index (χ3v) is 6.53. The zero-order valence-electron chi connectivity index (χ0n) is 15.1. The smallest absolute Gasteiger partial charge is 0.322 e. The summed E-state index contributed by atoms with van der Waals surface area (Å²) in [7, 11) is -3.89. The second-order valence-electron chi connectivity index (χ2n) is 7.16. The largest absolute Gasteiger partial charge is 0.480 e. The highest BCUT2D eigenvalue weighted by molar-refractivity contribution is 7.91. The zero-order valence-corrected chi connectivity index (χ0v) is 16.8. The van der Waals surface area contributed by atoms with Crippen LogP contribution in [0, 0.1) is 11.3 Å². The molecule has 1 rings (SSSR count). The summed E-state index contributed by atoms with van der Waals surface area (Å²) in [6, 6.07) is 1.95. The lowest BCUT2D eigenvalue weighted by Crippen LogP contribution is -2.43. The van der Waals surface area contributed by atoms with Crippen molar-refractivity contribution in [1.82, 2.24) is 10.0 Å². The molecule has 0 aliphatic carbocycles. The van der Waals surface area contributed by atoms with Gasteiger partial charge in [0.05, 0.1) is 0 Å². The monoisotopic (exact) mass is 390 g/mol. The number of amides is 1. The van der Waals surface area contributed by atoms with Gasteiger partial charge in [-0.25, -0.2) is 8.42 Å². The SMILES string of the molecule is CC(C)[C@H](NS(=O)(=O)c1ccc(CCNC(=O)C(C)(C)C)s1)C(=O)O. The van der Waals surface area contributed by atoms with Crippen molar-refractivity contribution in [3.05, 3.63) is 17.0 Å². The maximum atomic E-state index is 12.3. The molecule has 1 atom stereocenters. The number of carbonyl (C=O) groups excluding carboxylic acids is 1. The van der Waals surface area contributed by atoms with E-state index in [1.807, 2.05) is 20.8 Å². The number of carbonyl (C=O) groups is 2. The van der Waals surface area contributed by atoms with Crippen molar-refractivity contribution in [1.29, 1.82) is 0 Å². The van der Waals surface area contributed by atoms with Crippen molar-refractivity contribution < 1.29 is 23.1 Å². The van der Waals surface area contributed by atoms with Crippen LogP contribution in [-0.2, 0) is 26.0 Å². The number of carboxylic acids is 1. The van der Waals surface area contributed by atoms with E-state index < -0.39 is 27.4 Å². The highest BCUT2D eigenvalue weighted by atomic mass is 32.2. The Hall–Kier alpha value is -1.45. The molecule has 0 bridgehead atoms. The van der Waals surface area contributed by atoms with Crippen LogP contribution in [0.15, 0.2) is 16.3 Å². The molecule has 0 spiro atoms. The molecular formula is C16H26N2O5S2. The molecular weight excluding hydrogens is 364 g/mol. The van der Waals surface area contributed by atoms with E-state index in [9.17, 15) is 18.0 Å². The lowest BCUT2D eigenvalue weighted by atomic mass is 9.96. The van der Waals surface area contributed by atoms with Crippen LogP contribution in [0.5, 0.6) is 0 Å². The van der Waals surface area contributed by atoms with Crippen molar-refractivity contribution in [2.24, 2.45) is 11.3 Å². The average molecular weight is 391 g/mol. The van der Waals surface area contributed by atoms with Crippen LogP contribution in [0.25, 0.3) is 0 Å². The van der Waals surface area contributed by atoms with Gasteiger partial charge in [-0.15, -0.1) is 11.3 Å². The molecule has 0 aliphatic rings. The first-order valence-corrected chi connectivity index (χ1v) is 10.3. The predicted molar refractivity (Wildman–Crippen MR) is 97.1 cm³/mol. The van der Waals surface area contributed by atoms with E-state index >= 15 is 0 Å². The van der Waals surface area contributed by atoms with Gasteiger partial charge < -0.3 is 10.4 Å². The molecule has 1 amide bonds. The van der Waals surface area contributed by atoms with Gasteiger partial charge in [0.2, 0.25) is 5.91 Å². The Balaban J connectivity index is 2.73. The Kier molecular flexibility index (Phi) is 7.16. The number of sulfonamides is 1. The number of hydrogen-bond acceptors (Lipinski definition) is 5. The quantitative estimate of drug-likeness (QED) is 0.627. The fourth-order valence-corrected chi connectivity index (χ4v) is 4.61. The van der Waals surface area contributed by atoms with Crippen molar-refractivity contribution in [3.8, 4) is 0 Å². The van der Waals surface area contributed by atoms with E-state index in [4.69, 9.17) is 5.11 Å². The summed E-state index contributed by atoms with van der Waals surface area (Å²) in [5.41, 5.74) is -0.476. The van der Waals surface area contributed by atoms with Gasteiger partial charge in [-0.3, -0.25) is 9.59 Å².